The summed E-state index contributed by atoms with van der Waals surface area (Å²) in [6.07, 6.45) is 0. The summed E-state index contributed by atoms with van der Waals surface area (Å²) in [5.74, 6) is -1.48. The van der Waals surface area contributed by atoms with Gasteiger partial charge in [-0.05, 0) is 56.2 Å². The number of ether oxygens (including phenoxy) is 1. The normalized spacial score (nSPS) is 10.2. The molecule has 0 radical (unpaired) electrons. The molecule has 0 bridgehead atoms. The predicted octanol–water partition coefficient (Wildman–Crippen LogP) is 3.29. The summed E-state index contributed by atoms with van der Waals surface area (Å²) in [6, 6.07) is 10.8. The van der Waals surface area contributed by atoms with Crippen LogP contribution in [0, 0.1) is 20.8 Å². The lowest BCUT2D eigenvalue weighted by Gasteiger charge is -2.10. The zero-order valence-corrected chi connectivity index (χ0v) is 17.0. The summed E-state index contributed by atoms with van der Waals surface area (Å²) in [5.41, 5.74) is 3.79. The molecule has 2 N–H and O–H groups in total. The van der Waals surface area contributed by atoms with Crippen molar-refractivity contribution in [3.63, 3.8) is 0 Å². The molecule has 0 aliphatic carbocycles. The molecule has 2 amide bonds. The van der Waals surface area contributed by atoms with Crippen molar-refractivity contribution in [2.24, 2.45) is 0 Å². The zero-order chi connectivity index (χ0) is 20.0. The molecule has 0 aliphatic heterocycles. The molecule has 142 valence electrons. The zero-order valence-electron chi connectivity index (χ0n) is 15.4. The third-order valence-electron chi connectivity index (χ3n) is 3.84. The minimum absolute atomic E-state index is 0.213. The molecule has 0 atom stereocenters. The minimum Gasteiger partial charge on any atom is -0.452 e. The van der Waals surface area contributed by atoms with Gasteiger partial charge < -0.3 is 15.4 Å². The van der Waals surface area contributed by atoms with E-state index in [1.165, 1.54) is 0 Å². The Bertz CT molecular complexity index is 880. The summed E-state index contributed by atoms with van der Waals surface area (Å²) in [7, 11) is 0. The maximum absolute atomic E-state index is 12.0. The van der Waals surface area contributed by atoms with Crippen molar-refractivity contribution >= 4 is 39.4 Å². The van der Waals surface area contributed by atoms with E-state index in [2.05, 4.69) is 26.6 Å². The fourth-order valence-electron chi connectivity index (χ4n) is 2.44. The van der Waals surface area contributed by atoms with Crippen LogP contribution in [0.5, 0.6) is 0 Å². The Balaban J connectivity index is 1.78. The molecule has 2 aromatic rings. The van der Waals surface area contributed by atoms with Crippen molar-refractivity contribution in [3.8, 4) is 0 Å². The van der Waals surface area contributed by atoms with Gasteiger partial charge in [-0.15, -0.1) is 0 Å². The number of carbonyl (C=O) groups is 3. The van der Waals surface area contributed by atoms with Gasteiger partial charge in [-0.25, -0.2) is 4.79 Å². The van der Waals surface area contributed by atoms with Crippen LogP contribution in [0.2, 0.25) is 0 Å². The third kappa shape index (κ3) is 6.21. The second-order valence-electron chi connectivity index (χ2n) is 6.18. The number of aryl methyl sites for hydroxylation is 3. The van der Waals surface area contributed by atoms with Crippen molar-refractivity contribution in [1.29, 1.82) is 0 Å². The Morgan fingerprint density at radius 1 is 0.963 bits per heavy atom. The molecule has 0 saturated carbocycles. The van der Waals surface area contributed by atoms with Crippen LogP contribution in [0.15, 0.2) is 40.9 Å². The highest BCUT2D eigenvalue weighted by atomic mass is 79.9. The number of rotatable bonds is 6. The number of hydrogen-bond donors (Lipinski definition) is 2. The average Bonchev–Trinajstić information content (AvgIpc) is 2.60. The molecule has 0 aliphatic rings. The first-order valence-electron chi connectivity index (χ1n) is 8.33. The number of benzene rings is 2. The van der Waals surface area contributed by atoms with Crippen LogP contribution in [-0.4, -0.2) is 30.9 Å². The largest absolute Gasteiger partial charge is 0.452 e. The molecule has 2 aromatic carbocycles. The van der Waals surface area contributed by atoms with Crippen LogP contribution in [-0.2, 0) is 14.3 Å². The first kappa shape index (κ1) is 20.6. The molecule has 0 aromatic heterocycles. The van der Waals surface area contributed by atoms with Gasteiger partial charge in [-0.1, -0.05) is 33.6 Å². The Kier molecular flexibility index (Phi) is 7.12. The number of anilines is 1. The molecular weight excluding hydrogens is 412 g/mol. The monoisotopic (exact) mass is 432 g/mol. The standard InChI is InChI=1S/C20H21BrN2O4/c1-12-4-6-16(13(2)8-12)20(26)27-11-19(25)22-10-18(24)23-17-7-5-15(21)9-14(17)3/h4-9H,10-11H2,1-3H3,(H,22,25)(H,23,24). The number of halogens is 1. The third-order valence-corrected chi connectivity index (χ3v) is 4.34. The molecule has 0 unspecified atom stereocenters. The van der Waals surface area contributed by atoms with Gasteiger partial charge in [0.15, 0.2) is 6.61 Å². The summed E-state index contributed by atoms with van der Waals surface area (Å²) in [6.45, 7) is 4.94. The Hall–Kier alpha value is -2.67. The molecule has 0 saturated heterocycles. The highest BCUT2D eigenvalue weighted by Gasteiger charge is 2.13. The SMILES string of the molecule is Cc1ccc(C(=O)OCC(=O)NCC(=O)Nc2ccc(Br)cc2C)c(C)c1. The van der Waals surface area contributed by atoms with Gasteiger partial charge in [0.2, 0.25) is 5.91 Å². The first-order valence-corrected chi connectivity index (χ1v) is 9.12. The van der Waals surface area contributed by atoms with Gasteiger partial charge in [0.25, 0.3) is 5.91 Å². The second-order valence-corrected chi connectivity index (χ2v) is 7.09. The van der Waals surface area contributed by atoms with E-state index in [1.54, 1.807) is 25.1 Å². The molecule has 0 heterocycles. The van der Waals surface area contributed by atoms with Gasteiger partial charge in [0.05, 0.1) is 12.1 Å². The van der Waals surface area contributed by atoms with Crippen LogP contribution < -0.4 is 10.6 Å². The highest BCUT2D eigenvalue weighted by Crippen LogP contribution is 2.19. The number of amides is 2. The van der Waals surface area contributed by atoms with Gasteiger partial charge in [-0.2, -0.15) is 0 Å². The van der Waals surface area contributed by atoms with E-state index >= 15 is 0 Å². The lowest BCUT2D eigenvalue weighted by Crippen LogP contribution is -2.35. The minimum atomic E-state index is -0.572. The Labute approximate surface area is 166 Å². The number of carbonyl (C=O) groups excluding carboxylic acids is 3. The van der Waals surface area contributed by atoms with Crippen molar-refractivity contribution in [2.45, 2.75) is 20.8 Å². The van der Waals surface area contributed by atoms with Gasteiger partial charge in [0.1, 0.15) is 0 Å². The summed E-state index contributed by atoms with van der Waals surface area (Å²) < 4.78 is 5.92. The van der Waals surface area contributed by atoms with E-state index in [4.69, 9.17) is 4.74 Å². The van der Waals surface area contributed by atoms with E-state index < -0.39 is 18.5 Å². The summed E-state index contributed by atoms with van der Waals surface area (Å²) in [4.78, 5) is 35.8. The highest BCUT2D eigenvalue weighted by molar-refractivity contribution is 9.10. The van der Waals surface area contributed by atoms with Gasteiger partial charge >= 0.3 is 5.97 Å². The molecule has 2 rings (SSSR count). The maximum atomic E-state index is 12.0. The van der Waals surface area contributed by atoms with Crippen LogP contribution in [0.1, 0.15) is 27.0 Å². The van der Waals surface area contributed by atoms with Crippen LogP contribution in [0.4, 0.5) is 5.69 Å². The van der Waals surface area contributed by atoms with Crippen LogP contribution in [0.25, 0.3) is 0 Å². The fourth-order valence-corrected chi connectivity index (χ4v) is 2.92. The van der Waals surface area contributed by atoms with Gasteiger partial charge in [0, 0.05) is 10.2 Å². The predicted molar refractivity (Wildman–Crippen MR) is 107 cm³/mol. The summed E-state index contributed by atoms with van der Waals surface area (Å²) in [5, 5.41) is 5.14. The molecule has 7 heteroatoms. The molecule has 0 fully saturated rings. The van der Waals surface area contributed by atoms with E-state index in [0.717, 1.165) is 21.2 Å². The van der Waals surface area contributed by atoms with Crippen molar-refractivity contribution in [1.82, 2.24) is 5.32 Å². The number of hydrogen-bond acceptors (Lipinski definition) is 4. The Morgan fingerprint density at radius 3 is 2.37 bits per heavy atom. The van der Waals surface area contributed by atoms with E-state index in [-0.39, 0.29) is 12.5 Å². The quantitative estimate of drug-likeness (QED) is 0.685. The molecular formula is C20H21BrN2O4. The lowest BCUT2D eigenvalue weighted by molar-refractivity contribution is -0.126. The Morgan fingerprint density at radius 2 is 1.70 bits per heavy atom. The molecule has 6 nitrogen and oxygen atoms in total. The summed E-state index contributed by atoms with van der Waals surface area (Å²) >= 11 is 3.35. The number of nitrogens with one attached hydrogen (secondary N) is 2. The molecule has 27 heavy (non-hydrogen) atoms. The second kappa shape index (κ2) is 9.32. The first-order chi connectivity index (χ1) is 12.8. The van der Waals surface area contributed by atoms with Gasteiger partial charge in [-0.3, -0.25) is 9.59 Å². The average molecular weight is 433 g/mol. The van der Waals surface area contributed by atoms with Crippen molar-refractivity contribution in [3.05, 3.63) is 63.1 Å². The maximum Gasteiger partial charge on any atom is 0.338 e. The molecule has 0 spiro atoms. The van der Waals surface area contributed by atoms with E-state index in [1.807, 2.05) is 32.0 Å². The smallest absolute Gasteiger partial charge is 0.338 e. The fraction of sp³-hybridized carbons (Fsp3) is 0.250. The van der Waals surface area contributed by atoms with Crippen LogP contribution >= 0.6 is 15.9 Å². The van der Waals surface area contributed by atoms with Crippen LogP contribution in [0.3, 0.4) is 0 Å². The van der Waals surface area contributed by atoms with E-state index in [9.17, 15) is 14.4 Å². The van der Waals surface area contributed by atoms with Crippen molar-refractivity contribution in [2.75, 3.05) is 18.5 Å². The number of esters is 1. The van der Waals surface area contributed by atoms with E-state index in [0.29, 0.717) is 11.3 Å². The topological polar surface area (TPSA) is 84.5 Å². The lowest BCUT2D eigenvalue weighted by atomic mass is 10.1. The van der Waals surface area contributed by atoms with Crippen molar-refractivity contribution < 1.29 is 19.1 Å².